The van der Waals surface area contributed by atoms with Gasteiger partial charge in [-0.15, -0.1) is 0 Å². The number of hydrogen-bond donors (Lipinski definition) is 0. The van der Waals surface area contributed by atoms with Crippen molar-refractivity contribution in [3.8, 4) is 0 Å². The maximum absolute atomic E-state index is 12.2. The van der Waals surface area contributed by atoms with Gasteiger partial charge in [0.25, 0.3) is 5.56 Å². The van der Waals surface area contributed by atoms with Crippen LogP contribution < -0.4 is 11.0 Å². The number of pyridine rings is 1. The van der Waals surface area contributed by atoms with Crippen molar-refractivity contribution in [1.82, 2.24) is 4.57 Å². The molecule has 0 aromatic carbocycles. The van der Waals surface area contributed by atoms with Gasteiger partial charge in [0.05, 0.1) is 6.61 Å². The van der Waals surface area contributed by atoms with Crippen LogP contribution in [0, 0.1) is 0 Å². The molecule has 6 nitrogen and oxygen atoms in total. The van der Waals surface area contributed by atoms with Gasteiger partial charge in [0.2, 0.25) is 0 Å². The molecule has 1 fully saturated rings. The molecule has 0 amide bonds. The molecule has 0 aliphatic carbocycles. The molecule has 0 saturated carbocycles. The van der Waals surface area contributed by atoms with Crippen molar-refractivity contribution < 1.29 is 18.8 Å². The molecule has 2 heterocycles. The van der Waals surface area contributed by atoms with Gasteiger partial charge in [-0.1, -0.05) is 13.2 Å². The molecule has 1 aliphatic rings. The summed E-state index contributed by atoms with van der Waals surface area (Å²) >= 11 is 0. The Morgan fingerprint density at radius 3 is 2.48 bits per heavy atom. The molecule has 0 N–H and O–H groups in total. The number of nitrogens with zero attached hydrogens (tertiary/aromatic N) is 1. The molecule has 21 heavy (non-hydrogen) atoms. The van der Waals surface area contributed by atoms with Gasteiger partial charge in [-0.05, 0) is 19.9 Å². The number of carbonyl (C=O) groups excluding carboxylic acids is 1. The van der Waals surface area contributed by atoms with Gasteiger partial charge < -0.3 is 18.6 Å². The highest BCUT2D eigenvalue weighted by atomic mass is 16.6. The lowest BCUT2D eigenvalue weighted by atomic mass is 9.80. The average molecular weight is 289 g/mol. The summed E-state index contributed by atoms with van der Waals surface area (Å²) in [6, 6.07) is 1.42. The number of hydrogen-bond acceptors (Lipinski definition) is 5. The number of aromatic nitrogens is 1. The van der Waals surface area contributed by atoms with E-state index in [-0.39, 0.29) is 12.2 Å². The second-order valence-electron chi connectivity index (χ2n) is 4.41. The zero-order valence-corrected chi connectivity index (χ0v) is 12.0. The molecule has 0 bridgehead atoms. The Morgan fingerprint density at radius 1 is 1.33 bits per heavy atom. The van der Waals surface area contributed by atoms with Gasteiger partial charge >= 0.3 is 13.1 Å². The van der Waals surface area contributed by atoms with Gasteiger partial charge in [-0.3, -0.25) is 4.79 Å². The molecular formula is C14H16BNO5. The lowest BCUT2D eigenvalue weighted by molar-refractivity contribution is 0.0523. The Bertz CT molecular complexity index is 648. The Kier molecular flexibility index (Phi) is 4.21. The third-order valence-corrected chi connectivity index (χ3v) is 3.02. The molecule has 0 spiro atoms. The van der Waals surface area contributed by atoms with Crippen LogP contribution in [0.5, 0.6) is 0 Å². The zero-order chi connectivity index (χ0) is 15.6. The number of rotatable bonds is 4. The Balaban J connectivity index is 2.46. The molecule has 1 aromatic rings. The van der Waals surface area contributed by atoms with E-state index in [4.69, 9.17) is 14.0 Å². The van der Waals surface area contributed by atoms with E-state index in [1.807, 2.05) is 0 Å². The molecule has 2 rings (SSSR count). The van der Waals surface area contributed by atoms with E-state index in [0.29, 0.717) is 23.5 Å². The zero-order valence-electron chi connectivity index (χ0n) is 12.0. The molecule has 1 aromatic heterocycles. The van der Waals surface area contributed by atoms with Crippen LogP contribution >= 0.6 is 0 Å². The van der Waals surface area contributed by atoms with Crippen LogP contribution in [0.2, 0.25) is 0 Å². The highest BCUT2D eigenvalue weighted by Gasteiger charge is 2.36. The number of ether oxygens (including phenoxy) is 1. The van der Waals surface area contributed by atoms with Gasteiger partial charge in [0.1, 0.15) is 17.1 Å². The largest absolute Gasteiger partial charge is 0.634 e. The molecule has 1 aliphatic heterocycles. The van der Waals surface area contributed by atoms with E-state index < -0.39 is 18.6 Å². The standard InChI is InChI=1S/C14H16BNO5/c1-5-16-8-11(15-20-9(3)10(4)21-15)7-12(13(16)17)14(18)19-6-2/h7-8H,3-6H2,1-2H3. The van der Waals surface area contributed by atoms with Crippen LogP contribution in [-0.4, -0.2) is 24.3 Å². The second kappa shape index (κ2) is 5.91. The van der Waals surface area contributed by atoms with Crippen molar-refractivity contribution in [2.45, 2.75) is 20.4 Å². The minimum absolute atomic E-state index is 0.0495. The van der Waals surface area contributed by atoms with Crippen molar-refractivity contribution in [3.05, 3.63) is 52.9 Å². The van der Waals surface area contributed by atoms with Crippen molar-refractivity contribution in [3.63, 3.8) is 0 Å². The van der Waals surface area contributed by atoms with Gasteiger partial charge in [-0.25, -0.2) is 4.79 Å². The third-order valence-electron chi connectivity index (χ3n) is 3.02. The van der Waals surface area contributed by atoms with E-state index >= 15 is 0 Å². The van der Waals surface area contributed by atoms with E-state index in [9.17, 15) is 9.59 Å². The van der Waals surface area contributed by atoms with Gasteiger partial charge in [-0.2, -0.15) is 0 Å². The predicted molar refractivity (Wildman–Crippen MR) is 78.2 cm³/mol. The quantitative estimate of drug-likeness (QED) is 0.606. The van der Waals surface area contributed by atoms with E-state index in [2.05, 4.69) is 13.2 Å². The number of aryl methyl sites for hydroxylation is 1. The van der Waals surface area contributed by atoms with E-state index in [0.717, 1.165) is 0 Å². The van der Waals surface area contributed by atoms with Crippen molar-refractivity contribution >= 4 is 18.6 Å². The summed E-state index contributed by atoms with van der Waals surface area (Å²) in [5.74, 6) is -0.0129. The first-order chi connectivity index (χ1) is 9.97. The third kappa shape index (κ3) is 2.86. The minimum Gasteiger partial charge on any atom is -0.520 e. The first-order valence-corrected chi connectivity index (χ1v) is 6.60. The average Bonchev–Trinajstić information content (AvgIpc) is 2.79. The van der Waals surface area contributed by atoms with Crippen LogP contribution in [0.15, 0.2) is 41.7 Å². The minimum atomic E-state index is -0.767. The predicted octanol–water partition coefficient (Wildman–Crippen LogP) is 0.814. The van der Waals surface area contributed by atoms with Crippen molar-refractivity contribution in [1.29, 1.82) is 0 Å². The highest BCUT2D eigenvalue weighted by molar-refractivity contribution is 6.62. The molecular weight excluding hydrogens is 273 g/mol. The van der Waals surface area contributed by atoms with Crippen LogP contribution in [0.3, 0.4) is 0 Å². The first-order valence-electron chi connectivity index (χ1n) is 6.60. The summed E-state index contributed by atoms with van der Waals surface area (Å²) in [6.45, 7) is 11.4. The fourth-order valence-electron chi connectivity index (χ4n) is 1.93. The number of carbonyl (C=O) groups is 1. The normalized spacial score (nSPS) is 13.9. The lowest BCUT2D eigenvalue weighted by Crippen LogP contribution is -2.38. The van der Waals surface area contributed by atoms with Crippen LogP contribution in [0.4, 0.5) is 0 Å². The Morgan fingerprint density at radius 2 is 1.95 bits per heavy atom. The maximum atomic E-state index is 12.2. The highest BCUT2D eigenvalue weighted by Crippen LogP contribution is 2.20. The van der Waals surface area contributed by atoms with Gasteiger partial charge in [0.15, 0.2) is 0 Å². The summed E-state index contributed by atoms with van der Waals surface area (Å²) in [7, 11) is -0.767. The van der Waals surface area contributed by atoms with Gasteiger partial charge in [0, 0.05) is 18.2 Å². The Hall–Kier alpha value is -2.44. The summed E-state index contributed by atoms with van der Waals surface area (Å²) in [5.41, 5.74) is 0.0705. The number of esters is 1. The van der Waals surface area contributed by atoms with Crippen LogP contribution in [-0.2, 0) is 20.6 Å². The molecule has 110 valence electrons. The second-order valence-corrected chi connectivity index (χ2v) is 4.41. The lowest BCUT2D eigenvalue weighted by Gasteiger charge is -2.10. The maximum Gasteiger partial charge on any atom is 0.634 e. The monoisotopic (exact) mass is 289 g/mol. The van der Waals surface area contributed by atoms with Crippen LogP contribution in [0.25, 0.3) is 0 Å². The SMILES string of the molecule is C=C1OB(c2cc(C(=O)OCC)c(=O)n(CC)c2)OC1=C. The van der Waals surface area contributed by atoms with Crippen LogP contribution in [0.1, 0.15) is 24.2 Å². The fourth-order valence-corrected chi connectivity index (χ4v) is 1.93. The molecule has 7 heteroatoms. The summed E-state index contributed by atoms with van der Waals surface area (Å²) in [6.07, 6.45) is 1.58. The van der Waals surface area contributed by atoms with Crippen molar-refractivity contribution in [2.24, 2.45) is 0 Å². The van der Waals surface area contributed by atoms with Crippen molar-refractivity contribution in [2.75, 3.05) is 6.61 Å². The Labute approximate surface area is 122 Å². The van der Waals surface area contributed by atoms with E-state index in [1.54, 1.807) is 20.0 Å². The summed E-state index contributed by atoms with van der Waals surface area (Å²) in [4.78, 5) is 24.0. The van der Waals surface area contributed by atoms with E-state index in [1.165, 1.54) is 10.6 Å². The smallest absolute Gasteiger partial charge is 0.520 e. The summed E-state index contributed by atoms with van der Waals surface area (Å²) in [5, 5.41) is 0. The molecule has 0 atom stereocenters. The first kappa shape index (κ1) is 15.0. The molecule has 1 saturated heterocycles. The molecule has 0 radical (unpaired) electrons. The molecule has 0 unspecified atom stereocenters. The summed E-state index contributed by atoms with van der Waals surface area (Å²) < 4.78 is 17.1. The topological polar surface area (TPSA) is 66.8 Å². The fraction of sp³-hybridized carbons (Fsp3) is 0.286.